The van der Waals surface area contributed by atoms with E-state index in [0.29, 0.717) is 6.42 Å². The Balaban J connectivity index is 2.58. The molecule has 2 N–H and O–H groups in total. The van der Waals surface area contributed by atoms with Gasteiger partial charge in [-0.3, -0.25) is 0 Å². The summed E-state index contributed by atoms with van der Waals surface area (Å²) in [6.07, 6.45) is 0.696. The minimum Gasteiger partial charge on any atom is -0.374 e. The smallest absolute Gasteiger partial charge is 0.0944 e. The number of anilines is 1. The van der Waals surface area contributed by atoms with Crippen LogP contribution < -0.4 is 10.6 Å². The van der Waals surface area contributed by atoms with Crippen molar-refractivity contribution >= 4 is 5.69 Å². The van der Waals surface area contributed by atoms with Gasteiger partial charge in [0.15, 0.2) is 0 Å². The van der Waals surface area contributed by atoms with Gasteiger partial charge in [-0.05, 0) is 25.0 Å². The molecule has 1 rings (SSSR count). The number of nitrogens with zero attached hydrogens (tertiary/aromatic N) is 2. The second kappa shape index (κ2) is 5.38. The number of benzene rings is 1. The molecule has 0 radical (unpaired) electrons. The van der Waals surface area contributed by atoms with Gasteiger partial charge in [-0.2, -0.15) is 5.26 Å². The van der Waals surface area contributed by atoms with Gasteiger partial charge in [0.05, 0.1) is 12.1 Å². The summed E-state index contributed by atoms with van der Waals surface area (Å²) in [6, 6.07) is 9.87. The molecule has 0 aliphatic carbocycles. The van der Waals surface area contributed by atoms with Crippen LogP contribution in [0.1, 0.15) is 12.0 Å². The number of hydrogen-bond donors (Lipinski definition) is 1. The lowest BCUT2D eigenvalue weighted by Gasteiger charge is -2.21. The summed E-state index contributed by atoms with van der Waals surface area (Å²) in [4.78, 5) is 2.13. The second-order valence-corrected chi connectivity index (χ2v) is 3.73. The predicted molar refractivity (Wildman–Crippen MR) is 62.7 cm³/mol. The van der Waals surface area contributed by atoms with E-state index in [9.17, 15) is 0 Å². The average molecular weight is 203 g/mol. The monoisotopic (exact) mass is 203 g/mol. The molecule has 0 aromatic heterocycles. The van der Waals surface area contributed by atoms with Gasteiger partial charge in [0.25, 0.3) is 0 Å². The fraction of sp³-hybridized carbons (Fsp3) is 0.417. The van der Waals surface area contributed by atoms with Gasteiger partial charge in [0.2, 0.25) is 0 Å². The number of nitrogens with two attached hydrogens (primary N) is 1. The fourth-order valence-electron chi connectivity index (χ4n) is 1.51. The lowest BCUT2D eigenvalue weighted by atomic mass is 10.1. The Morgan fingerprint density at radius 2 is 2.13 bits per heavy atom. The Labute approximate surface area is 91.1 Å². The minimum atomic E-state index is -0.364. The average Bonchev–Trinajstić information content (AvgIpc) is 2.26. The molecule has 3 heteroatoms. The van der Waals surface area contributed by atoms with Gasteiger partial charge in [0.1, 0.15) is 0 Å². The van der Waals surface area contributed by atoms with Crippen LogP contribution in [0.15, 0.2) is 24.3 Å². The molecule has 0 saturated carbocycles. The van der Waals surface area contributed by atoms with Crippen molar-refractivity contribution in [2.45, 2.75) is 19.4 Å². The maximum Gasteiger partial charge on any atom is 0.0944 e. The SMILES string of the molecule is Cc1ccccc1N(C)CCC(N)C#N. The number of para-hydroxylation sites is 1. The van der Waals surface area contributed by atoms with Crippen LogP contribution in [-0.4, -0.2) is 19.6 Å². The number of aryl methyl sites for hydroxylation is 1. The summed E-state index contributed by atoms with van der Waals surface area (Å²) in [5, 5.41) is 8.58. The Morgan fingerprint density at radius 1 is 1.47 bits per heavy atom. The molecule has 0 aliphatic rings. The van der Waals surface area contributed by atoms with Crippen molar-refractivity contribution in [3.05, 3.63) is 29.8 Å². The molecule has 0 aliphatic heterocycles. The van der Waals surface area contributed by atoms with Crippen molar-refractivity contribution in [1.29, 1.82) is 5.26 Å². The van der Waals surface area contributed by atoms with Crippen LogP contribution in [0.5, 0.6) is 0 Å². The maximum absolute atomic E-state index is 8.58. The Morgan fingerprint density at radius 3 is 2.73 bits per heavy atom. The third-order valence-corrected chi connectivity index (χ3v) is 2.47. The van der Waals surface area contributed by atoms with Gasteiger partial charge >= 0.3 is 0 Å². The summed E-state index contributed by atoms with van der Waals surface area (Å²) >= 11 is 0. The molecule has 1 unspecified atom stereocenters. The van der Waals surface area contributed by atoms with Crippen molar-refractivity contribution in [1.82, 2.24) is 0 Å². The third kappa shape index (κ3) is 3.26. The summed E-state index contributed by atoms with van der Waals surface area (Å²) in [7, 11) is 2.02. The summed E-state index contributed by atoms with van der Waals surface area (Å²) in [5.41, 5.74) is 7.99. The van der Waals surface area contributed by atoms with Gasteiger partial charge in [-0.1, -0.05) is 18.2 Å². The van der Waals surface area contributed by atoms with Crippen LogP contribution in [0.25, 0.3) is 0 Å². The first-order valence-corrected chi connectivity index (χ1v) is 5.07. The molecule has 3 nitrogen and oxygen atoms in total. The van der Waals surface area contributed by atoms with Crippen molar-refractivity contribution in [2.24, 2.45) is 5.73 Å². The zero-order valence-corrected chi connectivity index (χ0v) is 9.27. The van der Waals surface area contributed by atoms with Crippen molar-refractivity contribution < 1.29 is 0 Å². The zero-order chi connectivity index (χ0) is 11.3. The number of nitriles is 1. The van der Waals surface area contributed by atoms with E-state index in [0.717, 1.165) is 6.54 Å². The first-order valence-electron chi connectivity index (χ1n) is 5.07. The van der Waals surface area contributed by atoms with Crippen molar-refractivity contribution in [3.63, 3.8) is 0 Å². The van der Waals surface area contributed by atoms with E-state index in [1.807, 2.05) is 25.2 Å². The van der Waals surface area contributed by atoms with Crippen LogP contribution in [0.3, 0.4) is 0 Å². The molecule has 0 bridgehead atoms. The van der Waals surface area contributed by atoms with E-state index in [1.165, 1.54) is 11.3 Å². The molecule has 0 heterocycles. The zero-order valence-electron chi connectivity index (χ0n) is 9.27. The van der Waals surface area contributed by atoms with Crippen LogP contribution in [0, 0.1) is 18.3 Å². The minimum absolute atomic E-state index is 0.364. The highest BCUT2D eigenvalue weighted by Gasteiger charge is 2.06. The normalized spacial score (nSPS) is 11.9. The van der Waals surface area contributed by atoms with Crippen LogP contribution in [-0.2, 0) is 0 Å². The third-order valence-electron chi connectivity index (χ3n) is 2.47. The van der Waals surface area contributed by atoms with Crippen LogP contribution in [0.4, 0.5) is 5.69 Å². The molecule has 0 spiro atoms. The van der Waals surface area contributed by atoms with E-state index >= 15 is 0 Å². The molecule has 1 aromatic carbocycles. The van der Waals surface area contributed by atoms with Gasteiger partial charge in [-0.15, -0.1) is 0 Å². The predicted octanol–water partition coefficient (Wildman–Crippen LogP) is 1.67. The van der Waals surface area contributed by atoms with E-state index in [1.54, 1.807) is 0 Å². The Bertz CT molecular complexity index is 354. The largest absolute Gasteiger partial charge is 0.374 e. The number of hydrogen-bond acceptors (Lipinski definition) is 3. The van der Waals surface area contributed by atoms with Crippen LogP contribution in [0.2, 0.25) is 0 Å². The Hall–Kier alpha value is -1.53. The van der Waals surface area contributed by atoms with Gasteiger partial charge in [-0.25, -0.2) is 0 Å². The first-order chi connectivity index (χ1) is 7.15. The lowest BCUT2D eigenvalue weighted by Crippen LogP contribution is -2.27. The van der Waals surface area contributed by atoms with E-state index < -0.39 is 0 Å². The molecule has 0 saturated heterocycles. The molecule has 1 aromatic rings. The summed E-state index contributed by atoms with van der Waals surface area (Å²) in [6.45, 7) is 2.88. The van der Waals surface area contributed by atoms with Crippen LogP contribution >= 0.6 is 0 Å². The highest BCUT2D eigenvalue weighted by Crippen LogP contribution is 2.17. The van der Waals surface area contributed by atoms with Crippen molar-refractivity contribution in [3.8, 4) is 6.07 Å². The molecule has 15 heavy (non-hydrogen) atoms. The molecule has 0 amide bonds. The standard InChI is InChI=1S/C12H17N3/c1-10-5-3-4-6-12(10)15(2)8-7-11(14)9-13/h3-6,11H,7-8,14H2,1-2H3. The van der Waals surface area contributed by atoms with Gasteiger partial charge < -0.3 is 10.6 Å². The lowest BCUT2D eigenvalue weighted by molar-refractivity contribution is 0.715. The molecule has 80 valence electrons. The summed E-state index contributed by atoms with van der Waals surface area (Å²) in [5.74, 6) is 0. The second-order valence-electron chi connectivity index (χ2n) is 3.73. The first kappa shape index (κ1) is 11.5. The van der Waals surface area contributed by atoms with E-state index in [2.05, 4.69) is 24.0 Å². The quantitative estimate of drug-likeness (QED) is 0.810. The maximum atomic E-state index is 8.58. The topological polar surface area (TPSA) is 53.0 Å². The molecule has 1 atom stereocenters. The molecule has 0 fully saturated rings. The van der Waals surface area contributed by atoms with E-state index in [-0.39, 0.29) is 6.04 Å². The van der Waals surface area contributed by atoms with Crippen molar-refractivity contribution in [2.75, 3.05) is 18.5 Å². The highest BCUT2D eigenvalue weighted by atomic mass is 15.1. The van der Waals surface area contributed by atoms with E-state index in [4.69, 9.17) is 11.0 Å². The Kier molecular flexibility index (Phi) is 4.14. The molecular weight excluding hydrogens is 186 g/mol. The molecular formula is C12H17N3. The summed E-state index contributed by atoms with van der Waals surface area (Å²) < 4.78 is 0. The van der Waals surface area contributed by atoms with Gasteiger partial charge in [0, 0.05) is 19.3 Å². The number of rotatable bonds is 4. The fourth-order valence-corrected chi connectivity index (χ4v) is 1.51. The highest BCUT2D eigenvalue weighted by molar-refractivity contribution is 5.52.